The molecule has 0 aliphatic heterocycles. The summed E-state index contributed by atoms with van der Waals surface area (Å²) >= 11 is 0. The third kappa shape index (κ3) is 3.02. The van der Waals surface area contributed by atoms with Crippen LogP contribution in [-0.2, 0) is 0 Å². The van der Waals surface area contributed by atoms with Crippen molar-refractivity contribution in [3.8, 4) is 17.0 Å². The average molecular weight is 333 g/mol. The van der Waals surface area contributed by atoms with E-state index in [0.717, 1.165) is 22.7 Å². The summed E-state index contributed by atoms with van der Waals surface area (Å²) in [6.07, 6.45) is 4.23. The van der Waals surface area contributed by atoms with Crippen LogP contribution in [-0.4, -0.2) is 15.5 Å². The van der Waals surface area contributed by atoms with Crippen LogP contribution in [0.15, 0.2) is 54.9 Å². The summed E-state index contributed by atoms with van der Waals surface area (Å²) in [7, 11) is 0. The smallest absolute Gasteiger partial charge is 0.137 e. The Kier molecular flexibility index (Phi) is 4.45. The normalized spacial score (nSPS) is 10.6. The van der Waals surface area contributed by atoms with E-state index in [9.17, 15) is 0 Å². The van der Waals surface area contributed by atoms with Crippen molar-refractivity contribution in [2.24, 2.45) is 0 Å². The summed E-state index contributed by atoms with van der Waals surface area (Å²) in [6, 6.07) is 14.0. The molecule has 0 bridgehead atoms. The summed E-state index contributed by atoms with van der Waals surface area (Å²) < 4.78 is 7.66. The van der Waals surface area contributed by atoms with Crippen molar-refractivity contribution in [1.29, 1.82) is 0 Å². The Hall–Kier alpha value is -1.81. The Labute approximate surface area is 129 Å². The first-order valence-corrected chi connectivity index (χ1v) is 6.43. The quantitative estimate of drug-likeness (QED) is 0.712. The highest BCUT2D eigenvalue weighted by Crippen LogP contribution is 2.22. The SMILES string of the molecule is Br.CC(C)Oc1ccc(-c2cn3ccccc3n2)cc1. The Morgan fingerprint density at radius 2 is 1.80 bits per heavy atom. The van der Waals surface area contributed by atoms with Crippen LogP contribution in [0.4, 0.5) is 0 Å². The second-order valence-corrected chi connectivity index (χ2v) is 4.78. The minimum absolute atomic E-state index is 0. The molecule has 0 saturated carbocycles. The minimum atomic E-state index is 0. The van der Waals surface area contributed by atoms with Crippen LogP contribution in [0.2, 0.25) is 0 Å². The van der Waals surface area contributed by atoms with Crippen LogP contribution >= 0.6 is 17.0 Å². The highest BCUT2D eigenvalue weighted by Gasteiger charge is 2.04. The first-order valence-electron chi connectivity index (χ1n) is 6.43. The van der Waals surface area contributed by atoms with E-state index in [4.69, 9.17) is 4.74 Å². The summed E-state index contributed by atoms with van der Waals surface area (Å²) in [5.41, 5.74) is 3.03. The van der Waals surface area contributed by atoms with Gasteiger partial charge in [0.1, 0.15) is 11.4 Å². The van der Waals surface area contributed by atoms with E-state index in [2.05, 4.69) is 4.98 Å². The van der Waals surface area contributed by atoms with Gasteiger partial charge in [-0.25, -0.2) is 4.98 Å². The minimum Gasteiger partial charge on any atom is -0.491 e. The van der Waals surface area contributed by atoms with Crippen molar-refractivity contribution in [3.63, 3.8) is 0 Å². The lowest BCUT2D eigenvalue weighted by Gasteiger charge is -2.09. The molecular formula is C16H17BrN2O. The van der Waals surface area contributed by atoms with Gasteiger partial charge in [0.15, 0.2) is 0 Å². The fourth-order valence-corrected chi connectivity index (χ4v) is 2.05. The van der Waals surface area contributed by atoms with Crippen LogP contribution in [0.5, 0.6) is 5.75 Å². The van der Waals surface area contributed by atoms with E-state index in [1.54, 1.807) is 0 Å². The highest BCUT2D eigenvalue weighted by molar-refractivity contribution is 8.93. The van der Waals surface area contributed by atoms with Gasteiger partial charge < -0.3 is 9.14 Å². The van der Waals surface area contributed by atoms with E-state index < -0.39 is 0 Å². The average Bonchev–Trinajstić information content (AvgIpc) is 2.82. The molecule has 20 heavy (non-hydrogen) atoms. The third-order valence-electron chi connectivity index (χ3n) is 2.89. The number of aromatic nitrogens is 2. The van der Waals surface area contributed by atoms with Crippen LogP contribution in [0.1, 0.15) is 13.8 Å². The molecule has 0 aliphatic rings. The summed E-state index contributed by atoms with van der Waals surface area (Å²) in [6.45, 7) is 4.05. The predicted molar refractivity (Wildman–Crippen MR) is 86.7 cm³/mol. The van der Waals surface area contributed by atoms with Gasteiger partial charge in [0, 0.05) is 18.0 Å². The zero-order chi connectivity index (χ0) is 13.2. The number of halogens is 1. The number of imidazole rings is 1. The van der Waals surface area contributed by atoms with Gasteiger partial charge in [-0.05, 0) is 50.2 Å². The monoisotopic (exact) mass is 332 g/mol. The molecule has 0 unspecified atom stereocenters. The number of pyridine rings is 1. The molecule has 2 aromatic heterocycles. The molecule has 0 spiro atoms. The standard InChI is InChI=1S/C16H16N2O.BrH/c1-12(2)19-14-8-6-13(7-9-14)15-11-18-10-4-3-5-16(18)17-15;/h3-12H,1-2H3;1H. The largest absolute Gasteiger partial charge is 0.491 e. The first kappa shape index (κ1) is 14.6. The van der Waals surface area contributed by atoms with Crippen molar-refractivity contribution in [2.75, 3.05) is 0 Å². The first-order chi connectivity index (χ1) is 9.22. The number of hydrogen-bond acceptors (Lipinski definition) is 2. The summed E-state index contributed by atoms with van der Waals surface area (Å²) in [5, 5.41) is 0. The second-order valence-electron chi connectivity index (χ2n) is 4.78. The second kappa shape index (κ2) is 6.09. The maximum absolute atomic E-state index is 5.64. The highest BCUT2D eigenvalue weighted by atomic mass is 79.9. The van der Waals surface area contributed by atoms with Crippen molar-refractivity contribution in [1.82, 2.24) is 9.38 Å². The molecular weight excluding hydrogens is 316 g/mol. The Bertz CT molecular complexity index is 656. The summed E-state index contributed by atoms with van der Waals surface area (Å²) in [4.78, 5) is 4.60. The van der Waals surface area contributed by atoms with Gasteiger partial charge in [0.2, 0.25) is 0 Å². The molecule has 2 heterocycles. The van der Waals surface area contributed by atoms with E-state index in [1.807, 2.05) is 73.1 Å². The van der Waals surface area contributed by atoms with Gasteiger partial charge in [-0.15, -0.1) is 17.0 Å². The molecule has 0 amide bonds. The third-order valence-corrected chi connectivity index (χ3v) is 2.89. The lowest BCUT2D eigenvalue weighted by atomic mass is 10.1. The topological polar surface area (TPSA) is 26.5 Å². The number of fused-ring (bicyclic) bond motifs is 1. The van der Waals surface area contributed by atoms with Gasteiger partial charge >= 0.3 is 0 Å². The van der Waals surface area contributed by atoms with E-state index in [0.29, 0.717) is 0 Å². The maximum Gasteiger partial charge on any atom is 0.137 e. The summed E-state index contributed by atoms with van der Waals surface area (Å²) in [5.74, 6) is 0.891. The van der Waals surface area contributed by atoms with Crippen molar-refractivity contribution >= 4 is 22.6 Å². The lowest BCUT2D eigenvalue weighted by Crippen LogP contribution is -2.05. The Morgan fingerprint density at radius 1 is 1.05 bits per heavy atom. The molecule has 0 saturated heterocycles. The molecule has 104 valence electrons. The molecule has 0 atom stereocenters. The molecule has 0 N–H and O–H groups in total. The Morgan fingerprint density at radius 3 is 2.45 bits per heavy atom. The van der Waals surface area contributed by atoms with Gasteiger partial charge in [-0.3, -0.25) is 0 Å². The molecule has 4 heteroatoms. The Balaban J connectivity index is 0.00000147. The van der Waals surface area contributed by atoms with Crippen molar-refractivity contribution in [3.05, 3.63) is 54.9 Å². The molecule has 1 aromatic carbocycles. The van der Waals surface area contributed by atoms with E-state index >= 15 is 0 Å². The van der Waals surface area contributed by atoms with Gasteiger partial charge in [0.25, 0.3) is 0 Å². The number of rotatable bonds is 3. The van der Waals surface area contributed by atoms with Crippen molar-refractivity contribution < 1.29 is 4.74 Å². The van der Waals surface area contributed by atoms with E-state index in [1.165, 1.54) is 0 Å². The molecule has 0 aliphatic carbocycles. The zero-order valence-corrected chi connectivity index (χ0v) is 13.2. The van der Waals surface area contributed by atoms with Crippen LogP contribution < -0.4 is 4.74 Å². The van der Waals surface area contributed by atoms with Crippen LogP contribution in [0.3, 0.4) is 0 Å². The van der Waals surface area contributed by atoms with Crippen LogP contribution in [0, 0.1) is 0 Å². The molecule has 3 nitrogen and oxygen atoms in total. The maximum atomic E-state index is 5.64. The van der Waals surface area contributed by atoms with Gasteiger partial charge in [-0.2, -0.15) is 0 Å². The fraction of sp³-hybridized carbons (Fsp3) is 0.188. The zero-order valence-electron chi connectivity index (χ0n) is 11.5. The number of nitrogens with zero attached hydrogens (tertiary/aromatic N) is 2. The molecule has 3 aromatic rings. The number of benzene rings is 1. The number of hydrogen-bond donors (Lipinski definition) is 0. The number of ether oxygens (including phenoxy) is 1. The molecule has 0 radical (unpaired) electrons. The van der Waals surface area contributed by atoms with Crippen LogP contribution in [0.25, 0.3) is 16.9 Å². The van der Waals surface area contributed by atoms with Crippen molar-refractivity contribution in [2.45, 2.75) is 20.0 Å². The van der Waals surface area contributed by atoms with E-state index in [-0.39, 0.29) is 23.1 Å². The van der Waals surface area contributed by atoms with Gasteiger partial charge in [-0.1, -0.05) is 6.07 Å². The molecule has 0 fully saturated rings. The lowest BCUT2D eigenvalue weighted by molar-refractivity contribution is 0.242. The predicted octanol–water partition coefficient (Wildman–Crippen LogP) is 4.37. The molecule has 3 rings (SSSR count). The van der Waals surface area contributed by atoms with Gasteiger partial charge in [0.05, 0.1) is 11.8 Å². The fourth-order valence-electron chi connectivity index (χ4n) is 2.05.